The van der Waals surface area contributed by atoms with E-state index in [0.29, 0.717) is 56.5 Å². The number of nitriles is 1. The van der Waals surface area contributed by atoms with Crippen molar-refractivity contribution in [2.24, 2.45) is 5.10 Å². The average Bonchev–Trinajstić information content (AvgIpc) is 3.06. The van der Waals surface area contributed by atoms with Crippen molar-refractivity contribution in [3.05, 3.63) is 92.6 Å². The lowest BCUT2D eigenvalue weighted by Crippen LogP contribution is -2.45. The minimum Gasteiger partial charge on any atom is -0.493 e. The number of nitrogens with one attached hydrogen (secondary N) is 3. The van der Waals surface area contributed by atoms with E-state index in [4.69, 9.17) is 23.7 Å². The summed E-state index contributed by atoms with van der Waals surface area (Å²) in [5.74, 6) is 1.01. The Morgan fingerprint density at radius 2 is 1.91 bits per heavy atom. The summed E-state index contributed by atoms with van der Waals surface area (Å²) in [7, 11) is 2.78. The van der Waals surface area contributed by atoms with Crippen LogP contribution in [0.15, 0.2) is 75.4 Å². The van der Waals surface area contributed by atoms with Crippen LogP contribution in [0.3, 0.4) is 0 Å². The molecule has 0 aromatic heterocycles. The topological polar surface area (TPSA) is 173 Å². The Kier molecular flexibility index (Phi) is 12.0. The second-order valence-corrected chi connectivity index (χ2v) is 10.9. The molecule has 0 unspecified atom stereocenters. The van der Waals surface area contributed by atoms with Crippen LogP contribution in [-0.2, 0) is 16.1 Å². The van der Waals surface area contributed by atoms with E-state index >= 15 is 0 Å². The van der Waals surface area contributed by atoms with Crippen molar-refractivity contribution in [2.45, 2.75) is 32.7 Å². The molecule has 3 aromatic carbocycles. The van der Waals surface area contributed by atoms with Crippen molar-refractivity contribution in [3.63, 3.8) is 0 Å². The van der Waals surface area contributed by atoms with Gasteiger partial charge in [0.1, 0.15) is 13.2 Å². The number of aliphatic hydroxyl groups excluding tert-OH is 1. The van der Waals surface area contributed by atoms with Crippen molar-refractivity contribution < 1.29 is 38.4 Å². The van der Waals surface area contributed by atoms with Crippen molar-refractivity contribution >= 4 is 34.1 Å². The summed E-state index contributed by atoms with van der Waals surface area (Å²) in [4.78, 5) is 24.6. The number of hydrogen-bond acceptors (Lipinski definition) is 11. The van der Waals surface area contributed by atoms with Gasteiger partial charge in [-0.1, -0.05) is 24.3 Å². The quantitative estimate of drug-likeness (QED) is 0.0813. The van der Waals surface area contributed by atoms with Gasteiger partial charge in [0.05, 0.1) is 54.8 Å². The predicted octanol–water partition coefficient (Wildman–Crippen LogP) is 4.43. The van der Waals surface area contributed by atoms with Gasteiger partial charge in [0.15, 0.2) is 29.2 Å². The average molecular weight is 709 g/mol. The highest BCUT2D eigenvalue weighted by molar-refractivity contribution is 9.10. The Labute approximate surface area is 280 Å². The number of benzene rings is 3. The summed E-state index contributed by atoms with van der Waals surface area (Å²) in [6.07, 6.45) is 0.307. The van der Waals surface area contributed by atoms with Gasteiger partial charge in [-0.3, -0.25) is 5.43 Å². The van der Waals surface area contributed by atoms with Crippen molar-refractivity contribution in [3.8, 4) is 29.1 Å². The first-order chi connectivity index (χ1) is 22.7. The number of carbonyl (C=O) groups excluding carboxylic acids is 2. The highest BCUT2D eigenvalue weighted by Crippen LogP contribution is 2.37. The van der Waals surface area contributed by atoms with Crippen LogP contribution in [0.2, 0.25) is 0 Å². The van der Waals surface area contributed by atoms with Gasteiger partial charge in [-0.25, -0.2) is 9.59 Å². The molecular formula is C33H34BrN5O8. The van der Waals surface area contributed by atoms with Gasteiger partial charge in [-0.15, -0.1) is 0 Å². The zero-order valence-corrected chi connectivity index (χ0v) is 27.7. The molecule has 0 saturated heterocycles. The zero-order chi connectivity index (χ0) is 33.9. The lowest BCUT2D eigenvalue weighted by Gasteiger charge is -2.28. The van der Waals surface area contributed by atoms with E-state index in [1.807, 2.05) is 12.1 Å². The summed E-state index contributed by atoms with van der Waals surface area (Å²) in [6.45, 7) is 3.73. The van der Waals surface area contributed by atoms with Gasteiger partial charge in [0.2, 0.25) is 0 Å². The van der Waals surface area contributed by atoms with Gasteiger partial charge < -0.3 is 39.4 Å². The molecule has 246 valence electrons. The van der Waals surface area contributed by atoms with E-state index in [1.165, 1.54) is 20.4 Å². The highest BCUT2D eigenvalue weighted by atomic mass is 79.9. The summed E-state index contributed by atoms with van der Waals surface area (Å²) >= 11 is 3.51. The highest BCUT2D eigenvalue weighted by Gasteiger charge is 2.32. The van der Waals surface area contributed by atoms with Crippen LogP contribution in [0, 0.1) is 11.3 Å². The number of nitrogens with zero attached hydrogens (tertiary/aromatic N) is 2. The van der Waals surface area contributed by atoms with E-state index < -0.39 is 24.3 Å². The molecular weight excluding hydrogens is 674 g/mol. The minimum atomic E-state index is -1.19. The summed E-state index contributed by atoms with van der Waals surface area (Å²) < 4.78 is 28.6. The number of hydrazone groups is 1. The molecule has 4 N–H and O–H groups in total. The second-order valence-electron chi connectivity index (χ2n) is 10.0. The molecule has 47 heavy (non-hydrogen) atoms. The molecule has 0 spiro atoms. The molecule has 14 heteroatoms. The standard InChI is InChI=1S/C33H34BrN5O8/c1-5-45-26-14-21(30-29(32(41)44-4)19(2)37-33(42)38-30)10-11-25(26)46-18-28(40)39-36-16-20-12-24(34)31(27(13-20)43-3)47-17-23-9-7-6-8-22(23)15-35/h6-14,16,28,30,39-40H,5,17-18H2,1-4H3,(H2,37,38,42)/b36-16-/t28-,30+/m0/s1. The predicted molar refractivity (Wildman–Crippen MR) is 175 cm³/mol. The van der Waals surface area contributed by atoms with Crippen molar-refractivity contribution in [1.82, 2.24) is 16.1 Å². The number of halogens is 1. The number of allylic oxidation sites excluding steroid dienone is 1. The fraction of sp³-hybridized carbons (Fsp3) is 0.273. The molecule has 1 heterocycles. The Bertz CT molecular complexity index is 1720. The number of hydrogen-bond donors (Lipinski definition) is 4. The SMILES string of the molecule is CCOc1cc([C@H]2NC(=O)NC(C)=C2C(=O)OC)ccc1OC[C@H](O)N/N=C\c1cc(Br)c(OCc2ccccc2C#N)c(OC)c1. The van der Waals surface area contributed by atoms with Gasteiger partial charge in [-0.2, -0.15) is 10.4 Å². The molecule has 2 atom stereocenters. The minimum absolute atomic E-state index is 0.174. The molecule has 3 aromatic rings. The molecule has 1 aliphatic rings. The normalized spacial score (nSPS) is 14.8. The summed E-state index contributed by atoms with van der Waals surface area (Å²) in [5.41, 5.74) is 5.74. The van der Waals surface area contributed by atoms with Gasteiger partial charge >= 0.3 is 12.0 Å². The van der Waals surface area contributed by atoms with Gasteiger partial charge in [0, 0.05) is 11.3 Å². The van der Waals surface area contributed by atoms with Crippen molar-refractivity contribution in [1.29, 1.82) is 5.26 Å². The maximum absolute atomic E-state index is 12.5. The van der Waals surface area contributed by atoms with E-state index in [1.54, 1.807) is 56.3 Å². The Morgan fingerprint density at radius 3 is 2.64 bits per heavy atom. The zero-order valence-electron chi connectivity index (χ0n) is 26.1. The van der Waals surface area contributed by atoms with E-state index in [9.17, 15) is 20.0 Å². The lowest BCUT2D eigenvalue weighted by atomic mass is 9.95. The molecule has 4 rings (SSSR count). The third-order valence-corrected chi connectivity index (χ3v) is 7.46. The van der Waals surface area contributed by atoms with E-state index in [-0.39, 0.29) is 18.8 Å². The molecule has 0 radical (unpaired) electrons. The largest absolute Gasteiger partial charge is 0.493 e. The Balaban J connectivity index is 1.39. The van der Waals surface area contributed by atoms with Crippen LogP contribution in [0.5, 0.6) is 23.0 Å². The Hall–Kier alpha value is -5.26. The van der Waals surface area contributed by atoms with Crippen molar-refractivity contribution in [2.75, 3.05) is 27.4 Å². The van der Waals surface area contributed by atoms with Crippen LogP contribution in [-0.4, -0.2) is 57.0 Å². The molecule has 2 amide bonds. The van der Waals surface area contributed by atoms with Crippen LogP contribution >= 0.6 is 15.9 Å². The van der Waals surface area contributed by atoms with Gasteiger partial charge in [-0.05, 0) is 71.2 Å². The first kappa shape index (κ1) is 34.6. The number of amides is 2. The van der Waals surface area contributed by atoms with Crippen LogP contribution in [0.1, 0.15) is 42.1 Å². The van der Waals surface area contributed by atoms with Gasteiger partial charge in [0.25, 0.3) is 0 Å². The monoisotopic (exact) mass is 707 g/mol. The number of rotatable bonds is 14. The molecule has 0 saturated carbocycles. The smallest absolute Gasteiger partial charge is 0.337 e. The maximum atomic E-state index is 12.5. The summed E-state index contributed by atoms with van der Waals surface area (Å²) in [5, 5.41) is 29.3. The van der Waals surface area contributed by atoms with Crippen LogP contribution in [0.25, 0.3) is 0 Å². The first-order valence-corrected chi connectivity index (χ1v) is 15.2. The second kappa shape index (κ2) is 16.3. The molecule has 0 aliphatic carbocycles. The number of aliphatic hydroxyl groups is 1. The third kappa shape index (κ3) is 8.72. The van der Waals surface area contributed by atoms with E-state index in [0.717, 1.165) is 5.56 Å². The summed E-state index contributed by atoms with van der Waals surface area (Å²) in [6, 6.07) is 16.6. The van der Waals surface area contributed by atoms with E-state index in [2.05, 4.69) is 43.2 Å². The number of ether oxygens (including phenoxy) is 5. The third-order valence-electron chi connectivity index (χ3n) is 6.87. The fourth-order valence-corrected chi connectivity index (χ4v) is 5.25. The molecule has 0 fully saturated rings. The number of methoxy groups -OCH3 is 2. The Morgan fingerprint density at radius 1 is 1.13 bits per heavy atom. The number of carbonyl (C=O) groups is 2. The molecule has 13 nitrogen and oxygen atoms in total. The number of urea groups is 1. The van der Waals surface area contributed by atoms with Crippen LogP contribution < -0.4 is 35.0 Å². The van der Waals surface area contributed by atoms with Crippen LogP contribution in [0.4, 0.5) is 4.79 Å². The molecule has 1 aliphatic heterocycles. The first-order valence-electron chi connectivity index (χ1n) is 14.4. The molecule has 0 bridgehead atoms. The lowest BCUT2D eigenvalue weighted by molar-refractivity contribution is -0.136. The number of esters is 1. The fourth-order valence-electron chi connectivity index (χ4n) is 4.68. The maximum Gasteiger partial charge on any atom is 0.337 e.